The van der Waals surface area contributed by atoms with E-state index in [0.717, 1.165) is 19.9 Å². The van der Waals surface area contributed by atoms with Crippen LogP contribution in [0.5, 0.6) is 17.2 Å². The molecule has 0 saturated heterocycles. The monoisotopic (exact) mass is 556 g/mol. The second-order valence-corrected chi connectivity index (χ2v) is 9.73. The highest BCUT2D eigenvalue weighted by atomic mass is 19.3. The fourth-order valence-electron chi connectivity index (χ4n) is 4.29. The van der Waals surface area contributed by atoms with Gasteiger partial charge in [0.1, 0.15) is 29.6 Å². The normalized spacial score (nSPS) is 12.9. The Hall–Kier alpha value is -3.80. The molecule has 0 aliphatic rings. The quantitative estimate of drug-likeness (QED) is 0.241. The number of alkyl halides is 2. The second-order valence-electron chi connectivity index (χ2n) is 9.73. The molecule has 4 rings (SSSR count). The van der Waals surface area contributed by atoms with Gasteiger partial charge in [0.05, 0.1) is 29.6 Å². The van der Waals surface area contributed by atoms with E-state index in [1.165, 1.54) is 12.1 Å². The van der Waals surface area contributed by atoms with Crippen LogP contribution in [-0.4, -0.2) is 52.5 Å². The number of ether oxygens (including phenoxy) is 3. The summed E-state index contributed by atoms with van der Waals surface area (Å²) < 4.78 is 62.9. The minimum absolute atomic E-state index is 0.0825. The van der Waals surface area contributed by atoms with Crippen LogP contribution in [0.1, 0.15) is 42.4 Å². The molecule has 2 aromatic carbocycles. The Morgan fingerprint density at radius 2 is 1.82 bits per heavy atom. The largest absolute Gasteiger partial charge is 0.487 e. The predicted molar refractivity (Wildman–Crippen MR) is 143 cm³/mol. The summed E-state index contributed by atoms with van der Waals surface area (Å²) in [4.78, 5) is 13.1. The first-order valence-electron chi connectivity index (χ1n) is 12.6. The molecule has 212 valence electrons. The molecule has 2 heterocycles. The zero-order chi connectivity index (χ0) is 29.1. The summed E-state index contributed by atoms with van der Waals surface area (Å²) in [6.45, 7) is 3.88. The molecule has 3 N–H and O–H groups in total. The lowest BCUT2D eigenvalue weighted by Gasteiger charge is -2.30. The van der Waals surface area contributed by atoms with E-state index in [1.807, 2.05) is 0 Å². The van der Waals surface area contributed by atoms with Crippen molar-refractivity contribution in [3.63, 3.8) is 0 Å². The van der Waals surface area contributed by atoms with Crippen molar-refractivity contribution in [1.29, 1.82) is 0 Å². The van der Waals surface area contributed by atoms with Crippen LogP contribution in [0.25, 0.3) is 10.9 Å². The molecule has 8 nitrogen and oxygen atoms in total. The average Bonchev–Trinajstić information content (AvgIpc) is 2.90. The Balaban J connectivity index is 1.88. The number of pyridine rings is 1. The summed E-state index contributed by atoms with van der Waals surface area (Å²) in [5, 5.41) is 10.5. The fraction of sp³-hybridized carbons (Fsp3) is 0.345. The van der Waals surface area contributed by atoms with Gasteiger partial charge in [0.2, 0.25) is 0 Å². The first kappa shape index (κ1) is 29.2. The highest BCUT2D eigenvalue weighted by Crippen LogP contribution is 2.43. The Kier molecular flexibility index (Phi) is 8.57. The third kappa shape index (κ3) is 5.86. The minimum Gasteiger partial charge on any atom is -0.487 e. The molecule has 0 spiro atoms. The van der Waals surface area contributed by atoms with Gasteiger partial charge in [-0.2, -0.15) is 8.78 Å². The van der Waals surface area contributed by atoms with Gasteiger partial charge in [-0.15, -0.1) is 0 Å². The lowest BCUT2D eigenvalue weighted by molar-refractivity contribution is -0.170. The number of benzene rings is 2. The number of rotatable bonds is 11. The maximum atomic E-state index is 15.8. The van der Waals surface area contributed by atoms with Gasteiger partial charge in [-0.05, 0) is 50.6 Å². The second kappa shape index (κ2) is 11.7. The average molecular weight is 557 g/mol. The van der Waals surface area contributed by atoms with Crippen molar-refractivity contribution in [1.82, 2.24) is 15.0 Å². The zero-order valence-electron chi connectivity index (χ0n) is 22.6. The van der Waals surface area contributed by atoms with Crippen LogP contribution in [-0.2, 0) is 10.7 Å². The summed E-state index contributed by atoms with van der Waals surface area (Å²) in [7, 11) is 1.54. The lowest BCUT2D eigenvalue weighted by Crippen LogP contribution is -2.41. The molecule has 4 aromatic rings. The van der Waals surface area contributed by atoms with Crippen molar-refractivity contribution in [2.45, 2.75) is 38.2 Å². The number of hydrogen-bond acceptors (Lipinski definition) is 8. The van der Waals surface area contributed by atoms with Crippen LogP contribution >= 0.6 is 0 Å². The van der Waals surface area contributed by atoms with E-state index in [9.17, 15) is 5.11 Å². The topological polar surface area (TPSA) is 113 Å². The van der Waals surface area contributed by atoms with Crippen molar-refractivity contribution in [2.24, 2.45) is 5.73 Å². The van der Waals surface area contributed by atoms with Gasteiger partial charge in [-0.1, -0.05) is 12.1 Å². The Morgan fingerprint density at radius 3 is 2.48 bits per heavy atom. The van der Waals surface area contributed by atoms with Crippen LogP contribution in [0.2, 0.25) is 0 Å². The number of hydrogen-bond donors (Lipinski definition) is 2. The fourth-order valence-corrected chi connectivity index (χ4v) is 4.29. The maximum absolute atomic E-state index is 15.8. The highest BCUT2D eigenvalue weighted by Gasteiger charge is 2.49. The van der Waals surface area contributed by atoms with Gasteiger partial charge in [-0.3, -0.25) is 4.98 Å². The molecule has 40 heavy (non-hydrogen) atoms. The summed E-state index contributed by atoms with van der Waals surface area (Å²) in [5.74, 6) is -4.43. The van der Waals surface area contributed by atoms with Gasteiger partial charge in [-0.25, -0.2) is 14.4 Å². The van der Waals surface area contributed by atoms with Crippen molar-refractivity contribution in [3.05, 3.63) is 83.3 Å². The molecule has 0 saturated carbocycles. The number of aromatic nitrogens is 3. The summed E-state index contributed by atoms with van der Waals surface area (Å²) in [6, 6.07) is 10.4. The standard InChI is InChI=1S/C29H31F3N4O4/c1-17-35-23-14-25(40-18-7-6-10-34-16-18)24(39-12-11-38-4)13-20(23)27(36-17)21(15-33)19-8-5-9-22(26(19)30)29(31,32)28(2,3)37/h5-10,13-14,16,21,37H,11-12,15,33H2,1-4H3/t21-/m0/s1. The summed E-state index contributed by atoms with van der Waals surface area (Å²) in [6.07, 6.45) is 3.16. The number of nitrogens with two attached hydrogens (primary N) is 1. The maximum Gasteiger partial charge on any atom is 0.303 e. The number of aliphatic hydroxyl groups is 1. The van der Waals surface area contributed by atoms with Gasteiger partial charge in [0, 0.05) is 37.2 Å². The smallest absolute Gasteiger partial charge is 0.303 e. The first-order valence-corrected chi connectivity index (χ1v) is 12.6. The molecular formula is C29H31F3N4O4. The van der Waals surface area contributed by atoms with Crippen LogP contribution in [0.15, 0.2) is 54.9 Å². The molecule has 1 atom stereocenters. The molecule has 2 aromatic heterocycles. The molecular weight excluding hydrogens is 525 g/mol. The van der Waals surface area contributed by atoms with Crippen LogP contribution < -0.4 is 15.2 Å². The molecule has 0 bridgehead atoms. The Morgan fingerprint density at radius 1 is 1.05 bits per heavy atom. The van der Waals surface area contributed by atoms with E-state index in [4.69, 9.17) is 19.9 Å². The number of halogens is 3. The van der Waals surface area contributed by atoms with Gasteiger partial charge in [0.25, 0.3) is 0 Å². The molecule has 0 aliphatic heterocycles. The van der Waals surface area contributed by atoms with E-state index < -0.39 is 28.8 Å². The van der Waals surface area contributed by atoms with E-state index in [1.54, 1.807) is 50.7 Å². The van der Waals surface area contributed by atoms with Crippen molar-refractivity contribution in [3.8, 4) is 17.2 Å². The third-order valence-corrected chi connectivity index (χ3v) is 6.39. The van der Waals surface area contributed by atoms with Crippen molar-refractivity contribution in [2.75, 3.05) is 26.9 Å². The van der Waals surface area contributed by atoms with E-state index >= 15 is 13.2 Å². The van der Waals surface area contributed by atoms with Crippen molar-refractivity contribution >= 4 is 10.9 Å². The summed E-state index contributed by atoms with van der Waals surface area (Å²) >= 11 is 0. The SMILES string of the molecule is COCCOc1cc2c([C@@H](CN)c3cccc(C(F)(F)C(C)(C)O)c3F)nc(C)nc2cc1Oc1cccnc1. The van der Waals surface area contributed by atoms with Gasteiger partial charge < -0.3 is 25.1 Å². The Labute approximate surface area is 230 Å². The lowest BCUT2D eigenvalue weighted by atomic mass is 9.87. The molecule has 0 amide bonds. The highest BCUT2D eigenvalue weighted by molar-refractivity contribution is 5.86. The molecule has 11 heteroatoms. The number of aryl methyl sites for hydroxylation is 1. The van der Waals surface area contributed by atoms with Crippen LogP contribution in [0.3, 0.4) is 0 Å². The number of nitrogens with zero attached hydrogens (tertiary/aromatic N) is 3. The Bertz CT molecular complexity index is 1480. The first-order chi connectivity index (χ1) is 19.0. The third-order valence-electron chi connectivity index (χ3n) is 6.39. The predicted octanol–water partition coefficient (Wildman–Crippen LogP) is 5.24. The van der Waals surface area contributed by atoms with Gasteiger partial charge in [0.15, 0.2) is 11.5 Å². The number of fused-ring (bicyclic) bond motifs is 1. The van der Waals surface area contributed by atoms with E-state index in [-0.39, 0.29) is 18.7 Å². The molecule has 0 radical (unpaired) electrons. The van der Waals surface area contributed by atoms with E-state index in [2.05, 4.69) is 15.0 Å². The number of methoxy groups -OCH3 is 1. The minimum atomic E-state index is -3.86. The molecule has 0 unspecified atom stereocenters. The zero-order valence-corrected chi connectivity index (χ0v) is 22.6. The van der Waals surface area contributed by atoms with Crippen molar-refractivity contribution < 1.29 is 32.5 Å². The summed E-state index contributed by atoms with van der Waals surface area (Å²) in [5.41, 5.74) is 3.39. The van der Waals surface area contributed by atoms with Gasteiger partial charge >= 0.3 is 5.92 Å². The van der Waals surface area contributed by atoms with Crippen LogP contribution in [0, 0.1) is 12.7 Å². The molecule has 0 aliphatic carbocycles. The molecule has 0 fully saturated rings. The van der Waals surface area contributed by atoms with E-state index in [0.29, 0.717) is 46.3 Å². The van der Waals surface area contributed by atoms with Crippen LogP contribution in [0.4, 0.5) is 13.2 Å².